The number of nitro benzene ring substituents is 1. The summed E-state index contributed by atoms with van der Waals surface area (Å²) in [5.41, 5.74) is 2.31. The van der Waals surface area contributed by atoms with Crippen LogP contribution in [-0.2, 0) is 6.54 Å². The summed E-state index contributed by atoms with van der Waals surface area (Å²) in [6.07, 6.45) is 0. The maximum absolute atomic E-state index is 10.7. The highest BCUT2D eigenvalue weighted by Crippen LogP contribution is 2.23. The number of non-ortho nitro benzene ring substituents is 1. The SMILES string of the molecule is CC(NCc1ccc([N+](=O)[O-])cc1Br)c1ccccc1. The Bertz CT molecular complexity index is 602. The second kappa shape index (κ2) is 6.63. The van der Waals surface area contributed by atoms with Crippen molar-refractivity contribution in [1.82, 2.24) is 5.32 Å². The van der Waals surface area contributed by atoms with Gasteiger partial charge in [0.1, 0.15) is 0 Å². The third kappa shape index (κ3) is 3.65. The summed E-state index contributed by atoms with van der Waals surface area (Å²) in [4.78, 5) is 10.3. The van der Waals surface area contributed by atoms with Crippen LogP contribution in [0.15, 0.2) is 53.0 Å². The van der Waals surface area contributed by atoms with Crippen LogP contribution in [0.25, 0.3) is 0 Å². The highest BCUT2D eigenvalue weighted by molar-refractivity contribution is 9.10. The summed E-state index contributed by atoms with van der Waals surface area (Å²) in [5.74, 6) is 0. The molecule has 2 aromatic carbocycles. The van der Waals surface area contributed by atoms with Gasteiger partial charge in [-0.15, -0.1) is 0 Å². The van der Waals surface area contributed by atoms with Crippen molar-refractivity contribution < 1.29 is 4.92 Å². The topological polar surface area (TPSA) is 55.2 Å². The molecule has 0 fully saturated rings. The van der Waals surface area contributed by atoms with E-state index in [0.29, 0.717) is 6.54 Å². The quantitative estimate of drug-likeness (QED) is 0.658. The van der Waals surface area contributed by atoms with E-state index in [4.69, 9.17) is 0 Å². The van der Waals surface area contributed by atoms with Crippen LogP contribution in [0.2, 0.25) is 0 Å². The molecule has 5 heteroatoms. The normalized spacial score (nSPS) is 12.1. The predicted octanol–water partition coefficient (Wildman–Crippen LogP) is 4.21. The summed E-state index contributed by atoms with van der Waals surface area (Å²) in [7, 11) is 0. The zero-order valence-electron chi connectivity index (χ0n) is 11.0. The van der Waals surface area contributed by atoms with E-state index in [2.05, 4.69) is 40.3 Å². The lowest BCUT2D eigenvalue weighted by atomic mass is 10.1. The summed E-state index contributed by atoms with van der Waals surface area (Å²) in [6.45, 7) is 2.74. The number of benzene rings is 2. The predicted molar refractivity (Wildman–Crippen MR) is 82.5 cm³/mol. The van der Waals surface area contributed by atoms with Crippen LogP contribution in [0.3, 0.4) is 0 Å². The third-order valence-electron chi connectivity index (χ3n) is 3.15. The Morgan fingerprint density at radius 2 is 1.95 bits per heavy atom. The molecule has 2 rings (SSSR count). The third-order valence-corrected chi connectivity index (χ3v) is 3.88. The maximum atomic E-state index is 10.7. The fourth-order valence-corrected chi connectivity index (χ4v) is 2.42. The first kappa shape index (κ1) is 14.7. The number of nitrogens with one attached hydrogen (secondary N) is 1. The van der Waals surface area contributed by atoms with Gasteiger partial charge >= 0.3 is 0 Å². The molecule has 0 aliphatic heterocycles. The van der Waals surface area contributed by atoms with Crippen LogP contribution in [-0.4, -0.2) is 4.92 Å². The lowest BCUT2D eigenvalue weighted by Crippen LogP contribution is -2.18. The van der Waals surface area contributed by atoms with Gasteiger partial charge in [-0.1, -0.05) is 46.3 Å². The van der Waals surface area contributed by atoms with Gasteiger partial charge in [-0.2, -0.15) is 0 Å². The Kier molecular flexibility index (Phi) is 4.87. The van der Waals surface area contributed by atoms with Crippen molar-refractivity contribution in [2.75, 3.05) is 0 Å². The molecule has 1 N–H and O–H groups in total. The number of hydrogen-bond acceptors (Lipinski definition) is 3. The highest BCUT2D eigenvalue weighted by Gasteiger charge is 2.10. The first-order valence-corrected chi connectivity index (χ1v) is 7.08. The molecule has 0 amide bonds. The van der Waals surface area contributed by atoms with Crippen molar-refractivity contribution >= 4 is 21.6 Å². The minimum Gasteiger partial charge on any atom is -0.306 e. The maximum Gasteiger partial charge on any atom is 0.270 e. The molecule has 0 aliphatic rings. The van der Waals surface area contributed by atoms with Crippen molar-refractivity contribution in [2.45, 2.75) is 19.5 Å². The number of hydrogen-bond donors (Lipinski definition) is 1. The van der Waals surface area contributed by atoms with E-state index in [0.717, 1.165) is 10.0 Å². The Morgan fingerprint density at radius 3 is 2.55 bits per heavy atom. The largest absolute Gasteiger partial charge is 0.306 e. The first-order valence-electron chi connectivity index (χ1n) is 6.29. The van der Waals surface area contributed by atoms with Gasteiger partial charge in [0.2, 0.25) is 0 Å². The molecule has 0 bridgehead atoms. The molecule has 0 saturated carbocycles. The summed E-state index contributed by atoms with van der Waals surface area (Å²) < 4.78 is 0.750. The second-order valence-electron chi connectivity index (χ2n) is 4.55. The smallest absolute Gasteiger partial charge is 0.270 e. The molecule has 1 atom stereocenters. The van der Waals surface area contributed by atoms with Gasteiger partial charge in [0.15, 0.2) is 0 Å². The molecule has 104 valence electrons. The average molecular weight is 335 g/mol. The monoisotopic (exact) mass is 334 g/mol. The molecule has 2 aromatic rings. The Morgan fingerprint density at radius 1 is 1.25 bits per heavy atom. The molecular weight excluding hydrogens is 320 g/mol. The zero-order valence-corrected chi connectivity index (χ0v) is 12.6. The van der Waals surface area contributed by atoms with Gasteiger partial charge < -0.3 is 5.32 Å². The van der Waals surface area contributed by atoms with Crippen molar-refractivity contribution in [3.8, 4) is 0 Å². The fourth-order valence-electron chi connectivity index (χ4n) is 1.92. The highest BCUT2D eigenvalue weighted by atomic mass is 79.9. The number of nitrogens with zero attached hydrogens (tertiary/aromatic N) is 1. The van der Waals surface area contributed by atoms with Crippen molar-refractivity contribution in [2.24, 2.45) is 0 Å². The van der Waals surface area contributed by atoms with Gasteiger partial charge in [0, 0.05) is 29.2 Å². The van der Waals surface area contributed by atoms with E-state index in [1.807, 2.05) is 18.2 Å². The van der Waals surface area contributed by atoms with Gasteiger partial charge in [-0.05, 0) is 24.1 Å². The van der Waals surface area contributed by atoms with Crippen molar-refractivity contribution in [1.29, 1.82) is 0 Å². The first-order chi connectivity index (χ1) is 9.58. The fraction of sp³-hybridized carbons (Fsp3) is 0.200. The molecule has 0 saturated heterocycles. The van der Waals surface area contributed by atoms with Crippen LogP contribution in [0.4, 0.5) is 5.69 Å². The molecule has 0 radical (unpaired) electrons. The zero-order chi connectivity index (χ0) is 14.5. The van der Waals surface area contributed by atoms with Gasteiger partial charge in [0.05, 0.1) is 4.92 Å². The van der Waals surface area contributed by atoms with E-state index >= 15 is 0 Å². The number of rotatable bonds is 5. The molecule has 0 heterocycles. The van der Waals surface area contributed by atoms with Crippen LogP contribution in [0.1, 0.15) is 24.1 Å². The molecule has 1 unspecified atom stereocenters. The lowest BCUT2D eigenvalue weighted by molar-refractivity contribution is -0.384. The minimum absolute atomic E-state index is 0.0942. The van der Waals surface area contributed by atoms with Gasteiger partial charge in [0.25, 0.3) is 5.69 Å². The number of nitro groups is 1. The Labute approximate surface area is 126 Å². The molecule has 4 nitrogen and oxygen atoms in total. The van der Waals surface area contributed by atoms with Crippen LogP contribution < -0.4 is 5.32 Å². The van der Waals surface area contributed by atoms with Crippen LogP contribution in [0, 0.1) is 10.1 Å². The number of halogens is 1. The van der Waals surface area contributed by atoms with E-state index in [-0.39, 0.29) is 11.7 Å². The summed E-state index contributed by atoms with van der Waals surface area (Å²) in [5, 5.41) is 14.1. The summed E-state index contributed by atoms with van der Waals surface area (Å²) in [6, 6.07) is 15.2. The summed E-state index contributed by atoms with van der Waals surface area (Å²) >= 11 is 3.38. The molecule has 0 aromatic heterocycles. The minimum atomic E-state index is -0.394. The average Bonchev–Trinajstić information content (AvgIpc) is 2.46. The standard InChI is InChI=1S/C15H15BrN2O2/c1-11(12-5-3-2-4-6-12)17-10-13-7-8-14(18(19)20)9-15(13)16/h2-9,11,17H,10H2,1H3. The molecular formula is C15H15BrN2O2. The van der Waals surface area contributed by atoms with E-state index in [1.54, 1.807) is 6.07 Å². The van der Waals surface area contributed by atoms with E-state index < -0.39 is 4.92 Å². The van der Waals surface area contributed by atoms with Crippen LogP contribution >= 0.6 is 15.9 Å². The molecule has 0 spiro atoms. The van der Waals surface area contributed by atoms with Crippen molar-refractivity contribution in [3.63, 3.8) is 0 Å². The Hall–Kier alpha value is -1.72. The van der Waals surface area contributed by atoms with Crippen LogP contribution in [0.5, 0.6) is 0 Å². The molecule has 20 heavy (non-hydrogen) atoms. The lowest BCUT2D eigenvalue weighted by Gasteiger charge is -2.14. The van der Waals surface area contributed by atoms with E-state index in [9.17, 15) is 10.1 Å². The van der Waals surface area contributed by atoms with Gasteiger partial charge in [-0.25, -0.2) is 0 Å². The Balaban J connectivity index is 2.02. The molecule has 0 aliphatic carbocycles. The second-order valence-corrected chi connectivity index (χ2v) is 5.40. The van der Waals surface area contributed by atoms with E-state index in [1.165, 1.54) is 17.7 Å². The van der Waals surface area contributed by atoms with Gasteiger partial charge in [-0.3, -0.25) is 10.1 Å². The van der Waals surface area contributed by atoms with Crippen molar-refractivity contribution in [3.05, 3.63) is 74.2 Å².